The van der Waals surface area contributed by atoms with Crippen LogP contribution < -0.4 is 10.6 Å². The molecule has 2 N–H and O–H groups in total. The second kappa shape index (κ2) is 5.65. The van der Waals surface area contributed by atoms with E-state index in [9.17, 15) is 9.59 Å². The van der Waals surface area contributed by atoms with Crippen LogP contribution in [0.2, 0.25) is 0 Å². The number of hydrogen-bond acceptors (Lipinski definition) is 3. The minimum Gasteiger partial charge on any atom is -0.306 e. The maximum atomic E-state index is 11.6. The van der Waals surface area contributed by atoms with Gasteiger partial charge in [0.2, 0.25) is 11.8 Å². The van der Waals surface area contributed by atoms with Crippen LogP contribution in [0.25, 0.3) is 0 Å². The van der Waals surface area contributed by atoms with Crippen molar-refractivity contribution < 1.29 is 9.59 Å². The lowest BCUT2D eigenvalue weighted by Crippen LogP contribution is -2.51. The fourth-order valence-corrected chi connectivity index (χ4v) is 3.04. The Morgan fingerprint density at radius 1 is 1.44 bits per heavy atom. The Morgan fingerprint density at radius 3 is 2.89 bits per heavy atom. The molecule has 2 aliphatic rings. The smallest absolute Gasteiger partial charge is 0.243 e. The maximum absolute atomic E-state index is 11.6. The van der Waals surface area contributed by atoms with Crippen molar-refractivity contribution in [1.29, 1.82) is 0 Å². The van der Waals surface area contributed by atoms with E-state index in [2.05, 4.69) is 30.6 Å². The normalized spacial score (nSPS) is 33.0. The van der Waals surface area contributed by atoms with E-state index in [1.54, 1.807) is 0 Å². The van der Waals surface area contributed by atoms with Crippen LogP contribution in [-0.4, -0.2) is 24.4 Å². The summed E-state index contributed by atoms with van der Waals surface area (Å²) in [4.78, 5) is 22.6. The molecule has 0 aromatic heterocycles. The minimum absolute atomic E-state index is 0.150. The number of hydrogen-bond donors (Lipinski definition) is 2. The van der Waals surface area contributed by atoms with Gasteiger partial charge in [0.25, 0.3) is 0 Å². The Kier molecular flexibility index (Phi) is 4.17. The molecule has 0 radical (unpaired) electrons. The van der Waals surface area contributed by atoms with Crippen molar-refractivity contribution in [3.63, 3.8) is 0 Å². The Balaban J connectivity index is 1.80. The highest BCUT2D eigenvalue weighted by molar-refractivity contribution is 6.00. The predicted molar refractivity (Wildman–Crippen MR) is 69.8 cm³/mol. The summed E-state index contributed by atoms with van der Waals surface area (Å²) in [6, 6.07) is -0.191. The monoisotopic (exact) mass is 250 g/mol. The molecule has 3 unspecified atom stereocenters. The summed E-state index contributed by atoms with van der Waals surface area (Å²) in [6.45, 7) is 5.28. The molecular formula is C14H22N2O2. The predicted octanol–water partition coefficient (Wildman–Crippen LogP) is 1.37. The molecule has 1 saturated heterocycles. The molecule has 0 saturated carbocycles. The van der Waals surface area contributed by atoms with Crippen molar-refractivity contribution in [3.05, 3.63) is 11.6 Å². The maximum Gasteiger partial charge on any atom is 0.243 e. The molecule has 0 bridgehead atoms. The van der Waals surface area contributed by atoms with Crippen LogP contribution in [0.4, 0.5) is 0 Å². The van der Waals surface area contributed by atoms with Crippen LogP contribution in [0.5, 0.6) is 0 Å². The van der Waals surface area contributed by atoms with Crippen LogP contribution in [0.3, 0.4) is 0 Å². The zero-order valence-electron chi connectivity index (χ0n) is 11.2. The van der Waals surface area contributed by atoms with Crippen molar-refractivity contribution in [1.82, 2.24) is 10.6 Å². The third-order valence-corrected chi connectivity index (χ3v) is 3.78. The number of imide groups is 1. The van der Waals surface area contributed by atoms with Crippen LogP contribution in [0, 0.1) is 11.8 Å². The van der Waals surface area contributed by atoms with E-state index in [0.717, 1.165) is 13.0 Å². The minimum atomic E-state index is -0.191. The first kappa shape index (κ1) is 13.3. The number of amides is 2. The molecule has 3 atom stereocenters. The molecule has 100 valence electrons. The van der Waals surface area contributed by atoms with E-state index in [-0.39, 0.29) is 17.9 Å². The SMILES string of the molecule is CC1=CC(C)CC(CNC2CCC(=O)NC2=O)C1. The number of carbonyl (C=O) groups is 2. The molecule has 0 spiro atoms. The van der Waals surface area contributed by atoms with Crippen molar-refractivity contribution >= 4 is 11.8 Å². The molecule has 1 aliphatic heterocycles. The number of allylic oxidation sites excluding steroid dienone is 2. The second-order valence-electron chi connectivity index (χ2n) is 5.71. The average molecular weight is 250 g/mol. The van der Waals surface area contributed by atoms with Crippen LogP contribution >= 0.6 is 0 Å². The van der Waals surface area contributed by atoms with Crippen LogP contribution in [0.15, 0.2) is 11.6 Å². The molecule has 4 heteroatoms. The van der Waals surface area contributed by atoms with E-state index in [0.29, 0.717) is 24.7 Å². The zero-order valence-corrected chi connectivity index (χ0v) is 11.2. The van der Waals surface area contributed by atoms with Gasteiger partial charge < -0.3 is 5.32 Å². The molecule has 1 heterocycles. The number of nitrogens with one attached hydrogen (secondary N) is 2. The van der Waals surface area contributed by atoms with Gasteiger partial charge in [-0.1, -0.05) is 18.6 Å². The first-order valence-corrected chi connectivity index (χ1v) is 6.79. The summed E-state index contributed by atoms with van der Waals surface area (Å²) in [7, 11) is 0. The third-order valence-electron chi connectivity index (χ3n) is 3.78. The highest BCUT2D eigenvalue weighted by atomic mass is 16.2. The third kappa shape index (κ3) is 3.42. The summed E-state index contributed by atoms with van der Waals surface area (Å²) < 4.78 is 0. The van der Waals surface area contributed by atoms with Crippen LogP contribution in [-0.2, 0) is 9.59 Å². The Hall–Kier alpha value is -1.16. The van der Waals surface area contributed by atoms with Crippen molar-refractivity contribution in [2.75, 3.05) is 6.54 Å². The number of piperidine rings is 1. The zero-order chi connectivity index (χ0) is 13.1. The molecule has 4 nitrogen and oxygen atoms in total. The fourth-order valence-electron chi connectivity index (χ4n) is 3.04. The molecule has 0 aromatic carbocycles. The standard InChI is InChI=1S/C14H22N2O2/c1-9-5-10(2)7-11(6-9)8-15-12-3-4-13(17)16-14(12)18/h5,9,11-12,15H,3-4,6-8H2,1-2H3,(H,16,17,18). The van der Waals surface area contributed by atoms with E-state index in [1.165, 1.54) is 12.0 Å². The van der Waals surface area contributed by atoms with Gasteiger partial charge in [-0.2, -0.15) is 0 Å². The van der Waals surface area contributed by atoms with Gasteiger partial charge in [0.1, 0.15) is 0 Å². The Bertz CT molecular complexity index is 376. The van der Waals surface area contributed by atoms with Gasteiger partial charge in [0.15, 0.2) is 0 Å². The lowest BCUT2D eigenvalue weighted by molar-refractivity contribution is -0.134. The van der Waals surface area contributed by atoms with Crippen molar-refractivity contribution in [2.24, 2.45) is 11.8 Å². The van der Waals surface area contributed by atoms with Gasteiger partial charge in [-0.15, -0.1) is 0 Å². The lowest BCUT2D eigenvalue weighted by atomic mass is 9.83. The van der Waals surface area contributed by atoms with Gasteiger partial charge >= 0.3 is 0 Å². The molecule has 2 amide bonds. The molecule has 18 heavy (non-hydrogen) atoms. The summed E-state index contributed by atoms with van der Waals surface area (Å²) in [5, 5.41) is 5.69. The van der Waals surface area contributed by atoms with E-state index in [1.807, 2.05) is 0 Å². The highest BCUT2D eigenvalue weighted by Gasteiger charge is 2.27. The first-order valence-electron chi connectivity index (χ1n) is 6.79. The van der Waals surface area contributed by atoms with E-state index in [4.69, 9.17) is 0 Å². The highest BCUT2D eigenvalue weighted by Crippen LogP contribution is 2.27. The molecule has 0 aromatic rings. The number of carbonyl (C=O) groups excluding carboxylic acids is 2. The topological polar surface area (TPSA) is 58.2 Å². The molecular weight excluding hydrogens is 228 g/mol. The van der Waals surface area contributed by atoms with Gasteiger partial charge in [-0.25, -0.2) is 0 Å². The first-order chi connectivity index (χ1) is 8.54. The molecule has 1 aliphatic carbocycles. The Morgan fingerprint density at radius 2 is 2.22 bits per heavy atom. The lowest BCUT2D eigenvalue weighted by Gasteiger charge is -2.28. The summed E-state index contributed by atoms with van der Waals surface area (Å²) >= 11 is 0. The number of rotatable bonds is 3. The largest absolute Gasteiger partial charge is 0.306 e. The summed E-state index contributed by atoms with van der Waals surface area (Å²) in [5.74, 6) is 0.924. The van der Waals surface area contributed by atoms with Gasteiger partial charge in [-0.05, 0) is 44.6 Å². The van der Waals surface area contributed by atoms with Crippen molar-refractivity contribution in [2.45, 2.75) is 45.6 Å². The van der Waals surface area contributed by atoms with E-state index >= 15 is 0 Å². The Labute approximate surface area is 108 Å². The fraction of sp³-hybridized carbons (Fsp3) is 0.714. The average Bonchev–Trinajstić information content (AvgIpc) is 2.26. The van der Waals surface area contributed by atoms with Gasteiger partial charge in [0.05, 0.1) is 6.04 Å². The quantitative estimate of drug-likeness (QED) is 0.587. The molecule has 1 fully saturated rings. The van der Waals surface area contributed by atoms with Gasteiger partial charge in [-0.3, -0.25) is 14.9 Å². The summed E-state index contributed by atoms with van der Waals surface area (Å²) in [6.07, 6.45) is 5.70. The van der Waals surface area contributed by atoms with Gasteiger partial charge in [0, 0.05) is 6.42 Å². The van der Waals surface area contributed by atoms with E-state index < -0.39 is 0 Å². The summed E-state index contributed by atoms with van der Waals surface area (Å²) in [5.41, 5.74) is 1.45. The van der Waals surface area contributed by atoms with Crippen LogP contribution in [0.1, 0.15) is 39.5 Å². The van der Waals surface area contributed by atoms with Crippen molar-refractivity contribution in [3.8, 4) is 0 Å². The second-order valence-corrected chi connectivity index (χ2v) is 5.71. The molecule has 2 rings (SSSR count).